The Bertz CT molecular complexity index is 244. The van der Waals surface area contributed by atoms with Gasteiger partial charge in [0.25, 0.3) is 0 Å². The molecule has 4 heteroatoms. The van der Waals surface area contributed by atoms with Gasteiger partial charge in [0.1, 0.15) is 0 Å². The molecule has 0 aliphatic carbocycles. The molecule has 112 valence electrons. The summed E-state index contributed by atoms with van der Waals surface area (Å²) in [5, 5.41) is 12.7. The highest BCUT2D eigenvalue weighted by molar-refractivity contribution is 4.80. The molecular weight excluding hydrogens is 238 g/mol. The van der Waals surface area contributed by atoms with E-state index in [0.717, 1.165) is 32.2 Å². The third-order valence-electron chi connectivity index (χ3n) is 4.70. The van der Waals surface area contributed by atoms with Crippen molar-refractivity contribution >= 4 is 0 Å². The molecule has 2 fully saturated rings. The van der Waals surface area contributed by atoms with Gasteiger partial charge in [-0.25, -0.2) is 0 Å². The summed E-state index contributed by atoms with van der Waals surface area (Å²) in [5.74, 6) is 0. The zero-order valence-corrected chi connectivity index (χ0v) is 12.5. The molecule has 0 aromatic carbocycles. The molecule has 19 heavy (non-hydrogen) atoms. The topological polar surface area (TPSA) is 38.7 Å². The van der Waals surface area contributed by atoms with Crippen LogP contribution in [0.3, 0.4) is 0 Å². The van der Waals surface area contributed by atoms with Crippen molar-refractivity contribution in [1.29, 1.82) is 0 Å². The van der Waals surface area contributed by atoms with Crippen molar-refractivity contribution in [1.82, 2.24) is 15.1 Å². The Balaban J connectivity index is 1.73. The fraction of sp³-hybridized carbons (Fsp3) is 1.00. The smallest absolute Gasteiger partial charge is 0.0558 e. The molecule has 2 rings (SSSR count). The van der Waals surface area contributed by atoms with Crippen LogP contribution in [0.25, 0.3) is 0 Å². The number of nitrogens with zero attached hydrogens (tertiary/aromatic N) is 2. The van der Waals surface area contributed by atoms with E-state index in [1.807, 2.05) is 0 Å². The number of nitrogens with one attached hydrogen (secondary N) is 1. The third-order valence-corrected chi connectivity index (χ3v) is 4.70. The minimum atomic E-state index is 0.293. The Labute approximate surface area is 118 Å². The van der Waals surface area contributed by atoms with Gasteiger partial charge in [0.2, 0.25) is 0 Å². The van der Waals surface area contributed by atoms with Crippen LogP contribution in [0.1, 0.15) is 39.0 Å². The standard InChI is InChI=1S/C15H31N3O/c1-14(13-15-5-2-3-6-16-15)18-8-4-7-17(9-10-18)11-12-19/h14-16,19H,2-13H2,1H3. The predicted molar refractivity (Wildman–Crippen MR) is 79.4 cm³/mol. The Morgan fingerprint density at radius 2 is 2.05 bits per heavy atom. The average molecular weight is 269 g/mol. The SMILES string of the molecule is CC(CC1CCCCN1)N1CCCN(CCO)CC1. The number of hydrogen-bond acceptors (Lipinski definition) is 4. The summed E-state index contributed by atoms with van der Waals surface area (Å²) in [4.78, 5) is 5.04. The molecule has 2 unspecified atom stereocenters. The normalized spacial score (nSPS) is 29.1. The quantitative estimate of drug-likeness (QED) is 0.778. The fourth-order valence-corrected chi connectivity index (χ4v) is 3.48. The van der Waals surface area contributed by atoms with Crippen LogP contribution in [0.2, 0.25) is 0 Å². The lowest BCUT2D eigenvalue weighted by atomic mass is 9.98. The van der Waals surface area contributed by atoms with Crippen molar-refractivity contribution in [2.75, 3.05) is 45.9 Å². The first-order valence-electron chi connectivity index (χ1n) is 8.10. The van der Waals surface area contributed by atoms with Crippen molar-refractivity contribution < 1.29 is 5.11 Å². The largest absolute Gasteiger partial charge is 0.395 e. The lowest BCUT2D eigenvalue weighted by Crippen LogP contribution is -2.43. The van der Waals surface area contributed by atoms with Gasteiger partial charge < -0.3 is 10.4 Å². The molecule has 0 radical (unpaired) electrons. The molecule has 0 amide bonds. The van der Waals surface area contributed by atoms with E-state index in [0.29, 0.717) is 12.6 Å². The van der Waals surface area contributed by atoms with Gasteiger partial charge in [-0.2, -0.15) is 0 Å². The van der Waals surface area contributed by atoms with Gasteiger partial charge in [-0.1, -0.05) is 6.42 Å². The molecule has 2 saturated heterocycles. The van der Waals surface area contributed by atoms with Crippen molar-refractivity contribution in [2.45, 2.75) is 51.1 Å². The first-order chi connectivity index (χ1) is 9.29. The summed E-state index contributed by atoms with van der Waals surface area (Å²) in [7, 11) is 0. The lowest BCUT2D eigenvalue weighted by molar-refractivity contribution is 0.171. The first-order valence-corrected chi connectivity index (χ1v) is 8.10. The molecule has 2 aliphatic heterocycles. The number of rotatable bonds is 5. The van der Waals surface area contributed by atoms with Gasteiger partial charge in [0.15, 0.2) is 0 Å². The van der Waals surface area contributed by atoms with Crippen LogP contribution in [-0.4, -0.2) is 72.9 Å². The molecule has 0 aromatic heterocycles. The molecule has 0 aromatic rings. The van der Waals surface area contributed by atoms with E-state index in [1.54, 1.807) is 0 Å². The average Bonchev–Trinajstić information content (AvgIpc) is 2.66. The van der Waals surface area contributed by atoms with Crippen LogP contribution in [0.15, 0.2) is 0 Å². The van der Waals surface area contributed by atoms with Crippen LogP contribution in [-0.2, 0) is 0 Å². The van der Waals surface area contributed by atoms with E-state index in [9.17, 15) is 0 Å². The Hall–Kier alpha value is -0.160. The van der Waals surface area contributed by atoms with Crippen molar-refractivity contribution in [3.05, 3.63) is 0 Å². The van der Waals surface area contributed by atoms with Crippen molar-refractivity contribution in [3.63, 3.8) is 0 Å². The van der Waals surface area contributed by atoms with Crippen molar-refractivity contribution in [2.24, 2.45) is 0 Å². The summed E-state index contributed by atoms with van der Waals surface area (Å²) >= 11 is 0. The molecule has 4 nitrogen and oxygen atoms in total. The first kappa shape index (κ1) is 15.2. The highest BCUT2D eigenvalue weighted by atomic mass is 16.3. The number of aliphatic hydroxyl groups excluding tert-OH is 1. The Morgan fingerprint density at radius 3 is 2.79 bits per heavy atom. The van der Waals surface area contributed by atoms with Gasteiger partial charge in [-0.05, 0) is 52.2 Å². The second kappa shape index (κ2) is 8.20. The zero-order chi connectivity index (χ0) is 13.5. The summed E-state index contributed by atoms with van der Waals surface area (Å²) < 4.78 is 0. The molecule has 2 N–H and O–H groups in total. The predicted octanol–water partition coefficient (Wildman–Crippen LogP) is 0.907. The number of piperidine rings is 1. The second-order valence-corrected chi connectivity index (χ2v) is 6.19. The van der Waals surface area contributed by atoms with E-state index in [1.165, 1.54) is 45.2 Å². The molecule has 0 bridgehead atoms. The van der Waals surface area contributed by atoms with Gasteiger partial charge in [0.05, 0.1) is 6.61 Å². The number of hydrogen-bond donors (Lipinski definition) is 2. The summed E-state index contributed by atoms with van der Waals surface area (Å²) in [6, 6.07) is 1.42. The molecule has 2 atom stereocenters. The summed E-state index contributed by atoms with van der Waals surface area (Å²) in [6.45, 7) is 9.37. The molecule has 2 heterocycles. The molecule has 0 spiro atoms. The fourth-order valence-electron chi connectivity index (χ4n) is 3.48. The number of aliphatic hydroxyl groups is 1. The highest BCUT2D eigenvalue weighted by Gasteiger charge is 2.22. The van der Waals surface area contributed by atoms with E-state index in [2.05, 4.69) is 22.0 Å². The highest BCUT2D eigenvalue weighted by Crippen LogP contribution is 2.16. The van der Waals surface area contributed by atoms with E-state index >= 15 is 0 Å². The molecule has 2 aliphatic rings. The van der Waals surface area contributed by atoms with E-state index < -0.39 is 0 Å². The number of β-amino-alcohol motifs (C(OH)–C–C–N with tert-alkyl or cyclic N) is 1. The van der Waals surface area contributed by atoms with Crippen LogP contribution in [0.5, 0.6) is 0 Å². The molecule has 0 saturated carbocycles. The van der Waals surface area contributed by atoms with Crippen LogP contribution < -0.4 is 5.32 Å². The van der Waals surface area contributed by atoms with Gasteiger partial charge in [0, 0.05) is 31.7 Å². The summed E-state index contributed by atoms with van der Waals surface area (Å²) in [6.07, 6.45) is 6.64. The second-order valence-electron chi connectivity index (χ2n) is 6.19. The minimum absolute atomic E-state index is 0.293. The Kier molecular flexibility index (Phi) is 6.57. The van der Waals surface area contributed by atoms with Crippen LogP contribution in [0.4, 0.5) is 0 Å². The van der Waals surface area contributed by atoms with Gasteiger partial charge in [-0.3, -0.25) is 9.80 Å². The van der Waals surface area contributed by atoms with E-state index in [4.69, 9.17) is 5.11 Å². The van der Waals surface area contributed by atoms with Gasteiger partial charge in [-0.15, -0.1) is 0 Å². The van der Waals surface area contributed by atoms with Crippen LogP contribution in [0, 0.1) is 0 Å². The van der Waals surface area contributed by atoms with Crippen molar-refractivity contribution in [3.8, 4) is 0 Å². The Morgan fingerprint density at radius 1 is 1.16 bits per heavy atom. The monoisotopic (exact) mass is 269 g/mol. The van der Waals surface area contributed by atoms with Gasteiger partial charge >= 0.3 is 0 Å². The summed E-state index contributed by atoms with van der Waals surface area (Å²) in [5.41, 5.74) is 0. The zero-order valence-electron chi connectivity index (χ0n) is 12.5. The maximum Gasteiger partial charge on any atom is 0.0558 e. The maximum atomic E-state index is 9.04. The third kappa shape index (κ3) is 5.03. The van der Waals surface area contributed by atoms with Crippen LogP contribution >= 0.6 is 0 Å². The maximum absolute atomic E-state index is 9.04. The van der Waals surface area contributed by atoms with E-state index in [-0.39, 0.29) is 0 Å². The molecular formula is C15H31N3O. The lowest BCUT2D eigenvalue weighted by Gasteiger charge is -2.32. The minimum Gasteiger partial charge on any atom is -0.395 e.